The van der Waals surface area contributed by atoms with Crippen LogP contribution in [0, 0.1) is 6.92 Å². The molecule has 2 heterocycles. The van der Waals surface area contributed by atoms with E-state index in [-0.39, 0.29) is 0 Å². The van der Waals surface area contributed by atoms with Gasteiger partial charge in [0.2, 0.25) is 0 Å². The number of aromatic nitrogens is 1. The zero-order valence-corrected chi connectivity index (χ0v) is 13.0. The highest BCUT2D eigenvalue weighted by atomic mass is 79.9. The lowest BCUT2D eigenvalue weighted by Gasteiger charge is -2.00. The Morgan fingerprint density at radius 1 is 1.33 bits per heavy atom. The SMILES string of the molecule is Cc1cccc2sc(NCc3sccc3Br)nc12. The molecule has 0 aliphatic rings. The van der Waals surface area contributed by atoms with E-state index in [0.717, 1.165) is 21.7 Å². The van der Waals surface area contributed by atoms with Gasteiger partial charge in [0.1, 0.15) is 0 Å². The minimum Gasteiger partial charge on any atom is -0.357 e. The molecule has 0 saturated heterocycles. The second kappa shape index (κ2) is 4.99. The zero-order chi connectivity index (χ0) is 12.5. The molecule has 3 rings (SSSR count). The first kappa shape index (κ1) is 12.1. The number of fused-ring (bicyclic) bond motifs is 1. The molecule has 5 heteroatoms. The number of hydrogen-bond donors (Lipinski definition) is 1. The van der Waals surface area contributed by atoms with Crippen molar-refractivity contribution in [1.29, 1.82) is 0 Å². The van der Waals surface area contributed by atoms with Gasteiger partial charge in [-0.3, -0.25) is 0 Å². The molecule has 0 aliphatic heterocycles. The van der Waals surface area contributed by atoms with Gasteiger partial charge in [0.25, 0.3) is 0 Å². The van der Waals surface area contributed by atoms with E-state index < -0.39 is 0 Å². The van der Waals surface area contributed by atoms with Gasteiger partial charge in [-0.2, -0.15) is 0 Å². The second-order valence-corrected chi connectivity index (χ2v) is 6.87. The summed E-state index contributed by atoms with van der Waals surface area (Å²) in [5.74, 6) is 0. The molecule has 2 aromatic heterocycles. The Morgan fingerprint density at radius 3 is 2.94 bits per heavy atom. The summed E-state index contributed by atoms with van der Waals surface area (Å²) in [6.07, 6.45) is 0. The topological polar surface area (TPSA) is 24.9 Å². The highest BCUT2D eigenvalue weighted by Crippen LogP contribution is 2.29. The maximum Gasteiger partial charge on any atom is 0.184 e. The predicted octanol–water partition coefficient (Wildman–Crippen LogP) is 5.04. The van der Waals surface area contributed by atoms with Gasteiger partial charge in [0, 0.05) is 9.35 Å². The summed E-state index contributed by atoms with van der Waals surface area (Å²) < 4.78 is 2.40. The molecule has 3 aromatic rings. The Bertz CT molecular complexity index is 687. The largest absolute Gasteiger partial charge is 0.357 e. The summed E-state index contributed by atoms with van der Waals surface area (Å²) in [6.45, 7) is 2.92. The highest BCUT2D eigenvalue weighted by molar-refractivity contribution is 9.10. The third kappa shape index (κ3) is 2.30. The number of nitrogens with one attached hydrogen (secondary N) is 1. The first-order valence-corrected chi connectivity index (χ1v) is 8.05. The predicted molar refractivity (Wildman–Crippen MR) is 83.7 cm³/mol. The van der Waals surface area contributed by atoms with E-state index in [0.29, 0.717) is 0 Å². The van der Waals surface area contributed by atoms with Gasteiger partial charge in [-0.25, -0.2) is 4.98 Å². The van der Waals surface area contributed by atoms with Gasteiger partial charge >= 0.3 is 0 Å². The molecule has 2 nitrogen and oxygen atoms in total. The van der Waals surface area contributed by atoms with Crippen LogP contribution in [-0.4, -0.2) is 4.98 Å². The fourth-order valence-corrected chi connectivity index (χ4v) is 4.14. The number of thiazole rings is 1. The Morgan fingerprint density at radius 2 is 2.22 bits per heavy atom. The molecule has 92 valence electrons. The number of aryl methyl sites for hydroxylation is 1. The molecule has 0 aliphatic carbocycles. The van der Waals surface area contributed by atoms with Crippen LogP contribution in [0.5, 0.6) is 0 Å². The number of hydrogen-bond acceptors (Lipinski definition) is 4. The van der Waals surface area contributed by atoms with Crippen LogP contribution in [-0.2, 0) is 6.54 Å². The molecule has 1 N–H and O–H groups in total. The normalized spacial score (nSPS) is 11.0. The highest BCUT2D eigenvalue weighted by Gasteiger charge is 2.06. The first-order chi connectivity index (χ1) is 8.74. The van der Waals surface area contributed by atoms with Crippen LogP contribution in [0.15, 0.2) is 34.1 Å². The molecule has 18 heavy (non-hydrogen) atoms. The first-order valence-electron chi connectivity index (χ1n) is 5.56. The summed E-state index contributed by atoms with van der Waals surface area (Å²) >= 11 is 6.99. The number of benzene rings is 1. The smallest absolute Gasteiger partial charge is 0.184 e. The molecule has 1 aromatic carbocycles. The third-order valence-electron chi connectivity index (χ3n) is 2.71. The van der Waals surface area contributed by atoms with E-state index >= 15 is 0 Å². The molecule has 0 unspecified atom stereocenters. The Balaban J connectivity index is 1.83. The molecule has 0 atom stereocenters. The average molecular weight is 339 g/mol. The molecular weight excluding hydrogens is 328 g/mol. The maximum absolute atomic E-state index is 4.64. The molecular formula is C13H11BrN2S2. The van der Waals surface area contributed by atoms with Gasteiger partial charge in [-0.05, 0) is 45.9 Å². The van der Waals surface area contributed by atoms with Crippen molar-refractivity contribution in [2.45, 2.75) is 13.5 Å². The van der Waals surface area contributed by atoms with E-state index in [4.69, 9.17) is 0 Å². The van der Waals surface area contributed by atoms with Crippen LogP contribution in [0.25, 0.3) is 10.2 Å². The molecule has 0 spiro atoms. The molecule has 0 saturated carbocycles. The average Bonchev–Trinajstić information content (AvgIpc) is 2.93. The van der Waals surface area contributed by atoms with Crippen molar-refractivity contribution in [2.24, 2.45) is 0 Å². The Labute approximate surface area is 122 Å². The van der Waals surface area contributed by atoms with Crippen LogP contribution in [0.4, 0.5) is 5.13 Å². The van der Waals surface area contributed by atoms with Crippen LogP contribution >= 0.6 is 38.6 Å². The summed E-state index contributed by atoms with van der Waals surface area (Å²) in [5.41, 5.74) is 2.34. The van der Waals surface area contributed by atoms with Crippen molar-refractivity contribution >= 4 is 54.0 Å². The number of thiophene rings is 1. The number of rotatable bonds is 3. The zero-order valence-electron chi connectivity index (χ0n) is 9.74. The quantitative estimate of drug-likeness (QED) is 0.723. The van der Waals surface area contributed by atoms with Crippen molar-refractivity contribution in [2.75, 3.05) is 5.32 Å². The van der Waals surface area contributed by atoms with Crippen molar-refractivity contribution in [3.05, 3.63) is 44.6 Å². The van der Waals surface area contributed by atoms with E-state index in [1.807, 2.05) is 0 Å². The fraction of sp³-hybridized carbons (Fsp3) is 0.154. The number of para-hydroxylation sites is 1. The molecule has 0 radical (unpaired) electrons. The minimum atomic E-state index is 0.817. The van der Waals surface area contributed by atoms with Gasteiger partial charge in [0.15, 0.2) is 5.13 Å². The second-order valence-electron chi connectivity index (χ2n) is 3.99. The van der Waals surface area contributed by atoms with Crippen molar-refractivity contribution in [3.63, 3.8) is 0 Å². The van der Waals surface area contributed by atoms with Gasteiger partial charge in [0.05, 0.1) is 16.8 Å². The summed E-state index contributed by atoms with van der Waals surface area (Å²) in [5, 5.41) is 6.47. The van der Waals surface area contributed by atoms with Crippen LogP contribution in [0.2, 0.25) is 0 Å². The van der Waals surface area contributed by atoms with E-state index in [1.54, 1.807) is 22.7 Å². The summed E-state index contributed by atoms with van der Waals surface area (Å²) in [4.78, 5) is 5.94. The lowest BCUT2D eigenvalue weighted by Crippen LogP contribution is -1.96. The number of nitrogens with zero attached hydrogens (tertiary/aromatic N) is 1. The lowest BCUT2D eigenvalue weighted by atomic mass is 10.2. The van der Waals surface area contributed by atoms with E-state index in [2.05, 4.69) is 62.8 Å². The van der Waals surface area contributed by atoms with Gasteiger partial charge < -0.3 is 5.32 Å². The van der Waals surface area contributed by atoms with Crippen molar-refractivity contribution < 1.29 is 0 Å². The van der Waals surface area contributed by atoms with Crippen molar-refractivity contribution in [3.8, 4) is 0 Å². The number of halogens is 1. The summed E-state index contributed by atoms with van der Waals surface area (Å²) in [6, 6.07) is 8.37. The van der Waals surface area contributed by atoms with Crippen LogP contribution in [0.3, 0.4) is 0 Å². The van der Waals surface area contributed by atoms with Crippen LogP contribution in [0.1, 0.15) is 10.4 Å². The Kier molecular flexibility index (Phi) is 3.37. The summed E-state index contributed by atoms with van der Waals surface area (Å²) in [7, 11) is 0. The molecule has 0 fully saturated rings. The Hall–Kier alpha value is -0.910. The van der Waals surface area contributed by atoms with Gasteiger partial charge in [-0.15, -0.1) is 11.3 Å². The number of anilines is 1. The maximum atomic E-state index is 4.64. The molecule has 0 amide bonds. The standard InChI is InChI=1S/C13H11BrN2S2/c1-8-3-2-4-10-12(8)16-13(18-10)15-7-11-9(14)5-6-17-11/h2-6H,7H2,1H3,(H,15,16). The van der Waals surface area contributed by atoms with E-state index in [9.17, 15) is 0 Å². The minimum absolute atomic E-state index is 0.817. The lowest BCUT2D eigenvalue weighted by molar-refractivity contribution is 1.17. The van der Waals surface area contributed by atoms with Crippen LogP contribution < -0.4 is 5.32 Å². The van der Waals surface area contributed by atoms with Crippen molar-refractivity contribution in [1.82, 2.24) is 4.98 Å². The monoisotopic (exact) mass is 338 g/mol. The van der Waals surface area contributed by atoms with E-state index in [1.165, 1.54) is 15.1 Å². The van der Waals surface area contributed by atoms with Gasteiger partial charge in [-0.1, -0.05) is 23.5 Å². The fourth-order valence-electron chi connectivity index (χ4n) is 1.77. The molecule has 0 bridgehead atoms. The third-order valence-corrected chi connectivity index (χ3v) is 5.62.